The van der Waals surface area contributed by atoms with Gasteiger partial charge in [-0.15, -0.1) is 32.9 Å². The van der Waals surface area contributed by atoms with Gasteiger partial charge < -0.3 is 11.2 Å². The van der Waals surface area contributed by atoms with Crippen LogP contribution in [0.5, 0.6) is 0 Å². The van der Waals surface area contributed by atoms with Crippen LogP contribution in [0.25, 0.3) is 10.7 Å². The summed E-state index contributed by atoms with van der Waals surface area (Å²) in [5.41, 5.74) is 2.75. The Balaban J connectivity index is 1.34. The van der Waals surface area contributed by atoms with Gasteiger partial charge in [-0.2, -0.15) is 0 Å². The summed E-state index contributed by atoms with van der Waals surface area (Å²) in [7, 11) is 0. The number of nitrogen functional groups attached to an aromatic ring is 1. The predicted octanol–water partition coefficient (Wildman–Crippen LogP) is 3.96. The number of aryl methyl sites for hydroxylation is 1. The lowest BCUT2D eigenvalue weighted by molar-refractivity contribution is -0.115. The molecule has 0 aliphatic carbocycles. The lowest BCUT2D eigenvalue weighted by Gasteiger charge is -2.06. The third kappa shape index (κ3) is 4.66. The van der Waals surface area contributed by atoms with Crippen molar-refractivity contribution in [2.75, 3.05) is 11.2 Å². The number of thiazole rings is 1. The first-order valence-electron chi connectivity index (χ1n) is 8.76. The van der Waals surface area contributed by atoms with Crippen molar-refractivity contribution in [1.29, 1.82) is 0 Å². The quantitative estimate of drug-likeness (QED) is 0.332. The Bertz CT molecular complexity index is 1120. The highest BCUT2D eigenvalue weighted by molar-refractivity contribution is 7.98. The van der Waals surface area contributed by atoms with Gasteiger partial charge in [0.2, 0.25) is 11.1 Å². The number of aromatic nitrogens is 4. The first-order chi connectivity index (χ1) is 14.1. The zero-order chi connectivity index (χ0) is 20.2. The number of nitrogens with zero attached hydrogens (tertiary/aromatic N) is 4. The van der Waals surface area contributed by atoms with E-state index in [2.05, 4.69) is 20.5 Å². The number of carbonyl (C=O) groups excluding carboxylic acids is 1. The molecule has 3 heterocycles. The molecule has 10 heteroatoms. The molecule has 1 aromatic carbocycles. The fourth-order valence-electron chi connectivity index (χ4n) is 2.63. The van der Waals surface area contributed by atoms with E-state index >= 15 is 0 Å². The van der Waals surface area contributed by atoms with Crippen LogP contribution in [0.3, 0.4) is 0 Å². The highest BCUT2D eigenvalue weighted by Crippen LogP contribution is 2.27. The number of hydrogen-bond donors (Lipinski definition) is 2. The van der Waals surface area contributed by atoms with E-state index in [0.717, 1.165) is 26.8 Å². The zero-order valence-electron chi connectivity index (χ0n) is 15.5. The molecule has 0 spiro atoms. The Morgan fingerprint density at radius 2 is 2.07 bits per heavy atom. The molecule has 1 amide bonds. The van der Waals surface area contributed by atoms with E-state index in [-0.39, 0.29) is 12.3 Å². The van der Waals surface area contributed by atoms with Crippen LogP contribution in [0.4, 0.5) is 5.69 Å². The van der Waals surface area contributed by atoms with E-state index in [1.54, 1.807) is 11.3 Å². The van der Waals surface area contributed by atoms with Crippen molar-refractivity contribution >= 4 is 46.0 Å². The van der Waals surface area contributed by atoms with Gasteiger partial charge in [0.1, 0.15) is 5.01 Å². The normalized spacial score (nSPS) is 10.9. The minimum absolute atomic E-state index is 0.0739. The van der Waals surface area contributed by atoms with Gasteiger partial charge in [-0.25, -0.2) is 9.66 Å². The van der Waals surface area contributed by atoms with Gasteiger partial charge in [0.05, 0.1) is 17.0 Å². The highest BCUT2D eigenvalue weighted by atomic mass is 32.2. The van der Waals surface area contributed by atoms with E-state index < -0.39 is 0 Å². The van der Waals surface area contributed by atoms with Gasteiger partial charge in [-0.3, -0.25) is 4.79 Å². The third-order valence-electron chi connectivity index (χ3n) is 4.09. The predicted molar refractivity (Wildman–Crippen MR) is 119 cm³/mol. The number of thiophene rings is 1. The van der Waals surface area contributed by atoms with Crippen molar-refractivity contribution in [3.05, 3.63) is 63.4 Å². The van der Waals surface area contributed by atoms with Gasteiger partial charge in [0, 0.05) is 16.8 Å². The number of hydrogen-bond acceptors (Lipinski definition) is 8. The number of rotatable bonds is 7. The first kappa shape index (κ1) is 19.6. The number of thioether (sulfide) groups is 1. The topological polar surface area (TPSA) is 98.7 Å². The van der Waals surface area contributed by atoms with Crippen molar-refractivity contribution in [3.8, 4) is 10.7 Å². The smallest absolute Gasteiger partial charge is 0.231 e. The summed E-state index contributed by atoms with van der Waals surface area (Å²) in [4.78, 5) is 17.8. The Morgan fingerprint density at radius 3 is 2.86 bits per heavy atom. The Labute approximate surface area is 180 Å². The maximum absolute atomic E-state index is 12.3. The molecule has 7 nitrogen and oxygen atoms in total. The molecule has 0 atom stereocenters. The lowest BCUT2D eigenvalue weighted by Crippen LogP contribution is -2.15. The van der Waals surface area contributed by atoms with E-state index in [1.807, 2.05) is 54.1 Å². The molecule has 0 aliphatic heterocycles. The summed E-state index contributed by atoms with van der Waals surface area (Å²) in [5, 5.41) is 16.6. The average molecular weight is 443 g/mol. The Morgan fingerprint density at radius 1 is 1.21 bits per heavy atom. The summed E-state index contributed by atoms with van der Waals surface area (Å²) in [6, 6.07) is 11.6. The van der Waals surface area contributed by atoms with Gasteiger partial charge >= 0.3 is 0 Å². The van der Waals surface area contributed by atoms with Crippen molar-refractivity contribution in [2.45, 2.75) is 24.3 Å². The molecule has 0 aliphatic rings. The third-order valence-corrected chi connectivity index (χ3v) is 6.83. The number of nitrogens with two attached hydrogens (primary N) is 1. The summed E-state index contributed by atoms with van der Waals surface area (Å²) in [6.07, 6.45) is 0.249. The standard InChI is InChI=1S/C19H18N6OS3/c1-12-5-2-3-6-14(12)22-16(26)9-17-21-13(10-28-17)11-29-19-24-23-18(25(19)20)15-7-4-8-27-15/h2-8,10H,9,11,20H2,1H3,(H,22,26). The fraction of sp³-hybridized carbons (Fsp3) is 0.158. The number of nitrogens with one attached hydrogen (secondary N) is 1. The lowest BCUT2D eigenvalue weighted by atomic mass is 10.2. The van der Waals surface area contributed by atoms with Gasteiger partial charge in [-0.05, 0) is 30.0 Å². The Hall–Kier alpha value is -2.69. The first-order valence-corrected chi connectivity index (χ1v) is 11.5. The van der Waals surface area contributed by atoms with Gasteiger partial charge in [0.15, 0.2) is 5.82 Å². The summed E-state index contributed by atoms with van der Waals surface area (Å²) >= 11 is 4.51. The molecule has 0 radical (unpaired) electrons. The number of carbonyl (C=O) groups is 1. The molecular weight excluding hydrogens is 424 g/mol. The molecule has 4 aromatic rings. The van der Waals surface area contributed by atoms with E-state index in [4.69, 9.17) is 5.84 Å². The number of benzene rings is 1. The number of para-hydroxylation sites is 1. The minimum atomic E-state index is -0.0739. The molecule has 3 aromatic heterocycles. The summed E-state index contributed by atoms with van der Waals surface area (Å²) in [5.74, 6) is 7.30. The van der Waals surface area contributed by atoms with Crippen molar-refractivity contribution in [3.63, 3.8) is 0 Å². The monoisotopic (exact) mass is 442 g/mol. The van der Waals surface area contributed by atoms with Crippen LogP contribution in [0.2, 0.25) is 0 Å². The summed E-state index contributed by atoms with van der Waals surface area (Å²) in [6.45, 7) is 1.97. The largest absolute Gasteiger partial charge is 0.335 e. The SMILES string of the molecule is Cc1ccccc1NC(=O)Cc1nc(CSc2nnc(-c3cccs3)n2N)cs1. The molecule has 0 bridgehead atoms. The van der Waals surface area contributed by atoms with Crippen LogP contribution in [-0.2, 0) is 17.0 Å². The number of amides is 1. The molecule has 4 rings (SSSR count). The maximum atomic E-state index is 12.3. The molecule has 0 saturated heterocycles. The molecule has 29 heavy (non-hydrogen) atoms. The second kappa shape index (κ2) is 8.76. The van der Waals surface area contributed by atoms with Crippen LogP contribution in [0.1, 0.15) is 16.3 Å². The van der Waals surface area contributed by atoms with Crippen LogP contribution < -0.4 is 11.2 Å². The van der Waals surface area contributed by atoms with Crippen LogP contribution >= 0.6 is 34.4 Å². The Kier molecular flexibility index (Phi) is 5.93. The highest BCUT2D eigenvalue weighted by Gasteiger charge is 2.14. The van der Waals surface area contributed by atoms with Crippen molar-refractivity contribution in [2.24, 2.45) is 0 Å². The van der Waals surface area contributed by atoms with Crippen LogP contribution in [0.15, 0.2) is 52.3 Å². The van der Waals surface area contributed by atoms with Crippen molar-refractivity contribution < 1.29 is 4.79 Å². The molecule has 0 saturated carbocycles. The van der Waals surface area contributed by atoms with E-state index in [0.29, 0.717) is 16.7 Å². The van der Waals surface area contributed by atoms with Gasteiger partial charge in [-0.1, -0.05) is 36.0 Å². The number of anilines is 1. The summed E-state index contributed by atoms with van der Waals surface area (Å²) < 4.78 is 1.50. The fourth-order valence-corrected chi connectivity index (χ4v) is 4.98. The molecule has 0 fully saturated rings. The molecule has 0 unspecified atom stereocenters. The minimum Gasteiger partial charge on any atom is -0.335 e. The average Bonchev–Trinajstić information content (AvgIpc) is 3.44. The van der Waals surface area contributed by atoms with Crippen LogP contribution in [0, 0.1) is 6.92 Å². The van der Waals surface area contributed by atoms with Crippen molar-refractivity contribution in [1.82, 2.24) is 19.9 Å². The molecule has 3 N–H and O–H groups in total. The van der Waals surface area contributed by atoms with Crippen LogP contribution in [-0.4, -0.2) is 25.8 Å². The molecule has 148 valence electrons. The second-order valence-electron chi connectivity index (χ2n) is 6.21. The van der Waals surface area contributed by atoms with Gasteiger partial charge in [0.25, 0.3) is 0 Å². The van der Waals surface area contributed by atoms with E-state index in [9.17, 15) is 4.79 Å². The maximum Gasteiger partial charge on any atom is 0.231 e. The zero-order valence-corrected chi connectivity index (χ0v) is 18.0. The molecular formula is C19H18N6OS3. The second-order valence-corrected chi connectivity index (χ2v) is 9.05. The van der Waals surface area contributed by atoms with E-state index in [1.165, 1.54) is 27.8 Å².